The van der Waals surface area contributed by atoms with Gasteiger partial charge in [0, 0.05) is 23.7 Å². The molecule has 5 heteroatoms. The van der Waals surface area contributed by atoms with Gasteiger partial charge in [-0.1, -0.05) is 11.6 Å². The summed E-state index contributed by atoms with van der Waals surface area (Å²) in [6, 6.07) is 7.36. The Hall–Kier alpha value is -1.36. The van der Waals surface area contributed by atoms with Gasteiger partial charge in [-0.3, -0.25) is 4.90 Å². The predicted octanol–water partition coefficient (Wildman–Crippen LogP) is 3.20. The molecule has 0 unspecified atom stereocenters. The molecule has 1 aromatic heterocycles. The number of rotatable bonds is 5. The highest BCUT2D eigenvalue weighted by Crippen LogP contribution is 2.21. The second kappa shape index (κ2) is 5.95. The largest absolute Gasteiger partial charge is 0.444 e. The molecule has 20 heavy (non-hydrogen) atoms. The molecule has 0 fully saturated rings. The van der Waals surface area contributed by atoms with E-state index in [9.17, 15) is 5.11 Å². The fourth-order valence-electron chi connectivity index (χ4n) is 2.10. The molecule has 0 aliphatic carbocycles. The number of aliphatic hydroxyl groups is 1. The summed E-state index contributed by atoms with van der Waals surface area (Å²) in [5.41, 5.74) is 1.00. The van der Waals surface area contributed by atoms with E-state index in [1.165, 1.54) is 0 Å². The van der Waals surface area contributed by atoms with Crippen LogP contribution in [0.5, 0.6) is 0 Å². The van der Waals surface area contributed by atoms with Crippen LogP contribution in [-0.2, 0) is 6.54 Å². The van der Waals surface area contributed by atoms with Crippen molar-refractivity contribution in [3.05, 3.63) is 41.2 Å². The maximum atomic E-state index is 9.78. The average molecular weight is 295 g/mol. The van der Waals surface area contributed by atoms with Gasteiger partial charge in [0.05, 0.1) is 11.3 Å². The highest BCUT2D eigenvalue weighted by Gasteiger charge is 2.17. The van der Waals surface area contributed by atoms with Crippen LogP contribution in [0, 0.1) is 0 Å². The summed E-state index contributed by atoms with van der Waals surface area (Å²) in [6.07, 6.45) is 1.64. The van der Waals surface area contributed by atoms with Gasteiger partial charge in [-0.25, -0.2) is 4.98 Å². The lowest BCUT2D eigenvalue weighted by molar-refractivity contribution is 0.0421. The minimum Gasteiger partial charge on any atom is -0.444 e. The standard InChI is InChI=1S/C15H19ClN2O2/c1-15(2,19)10-18(3)8-13-9-20-14(17-13)11-4-6-12(16)7-5-11/h4-7,9,19H,8,10H2,1-3H3. The normalized spacial score (nSPS) is 12.1. The molecule has 2 rings (SSSR count). The van der Waals surface area contributed by atoms with Crippen LogP contribution in [0.1, 0.15) is 19.5 Å². The molecular weight excluding hydrogens is 276 g/mol. The topological polar surface area (TPSA) is 49.5 Å². The van der Waals surface area contributed by atoms with Crippen molar-refractivity contribution >= 4 is 11.6 Å². The number of aromatic nitrogens is 1. The quantitative estimate of drug-likeness (QED) is 0.920. The van der Waals surface area contributed by atoms with Crippen molar-refractivity contribution in [2.45, 2.75) is 26.0 Å². The summed E-state index contributed by atoms with van der Waals surface area (Å²) in [6.45, 7) is 4.76. The highest BCUT2D eigenvalue weighted by atomic mass is 35.5. The van der Waals surface area contributed by atoms with E-state index in [1.807, 2.05) is 24.1 Å². The van der Waals surface area contributed by atoms with Gasteiger partial charge in [0.15, 0.2) is 0 Å². The predicted molar refractivity (Wildman–Crippen MR) is 79.6 cm³/mol. The molecule has 2 aromatic rings. The van der Waals surface area contributed by atoms with E-state index in [0.717, 1.165) is 11.3 Å². The number of oxazole rings is 1. The van der Waals surface area contributed by atoms with E-state index in [0.29, 0.717) is 24.0 Å². The maximum absolute atomic E-state index is 9.78. The van der Waals surface area contributed by atoms with Gasteiger partial charge < -0.3 is 9.52 Å². The third-order valence-electron chi connectivity index (χ3n) is 2.73. The molecule has 0 saturated heterocycles. The minimum atomic E-state index is -0.725. The van der Waals surface area contributed by atoms with Gasteiger partial charge in [-0.05, 0) is 45.2 Å². The zero-order chi connectivity index (χ0) is 14.8. The number of likely N-dealkylation sites (N-methyl/N-ethyl adjacent to an activating group) is 1. The van der Waals surface area contributed by atoms with Crippen molar-refractivity contribution in [1.82, 2.24) is 9.88 Å². The average Bonchev–Trinajstić information content (AvgIpc) is 2.75. The zero-order valence-corrected chi connectivity index (χ0v) is 12.7. The van der Waals surface area contributed by atoms with Crippen LogP contribution in [0.2, 0.25) is 5.02 Å². The van der Waals surface area contributed by atoms with Gasteiger partial charge in [0.1, 0.15) is 6.26 Å². The SMILES string of the molecule is CN(Cc1coc(-c2ccc(Cl)cc2)n1)CC(C)(C)O. The van der Waals surface area contributed by atoms with Crippen molar-refractivity contribution in [3.63, 3.8) is 0 Å². The lowest BCUT2D eigenvalue weighted by Crippen LogP contribution is -2.35. The van der Waals surface area contributed by atoms with E-state index in [4.69, 9.17) is 16.0 Å². The number of hydrogen-bond donors (Lipinski definition) is 1. The number of nitrogens with zero attached hydrogens (tertiary/aromatic N) is 2. The Balaban J connectivity index is 2.04. The summed E-state index contributed by atoms with van der Waals surface area (Å²) in [7, 11) is 1.94. The first-order valence-electron chi connectivity index (χ1n) is 6.45. The Morgan fingerprint density at radius 3 is 2.55 bits per heavy atom. The third kappa shape index (κ3) is 4.34. The summed E-state index contributed by atoms with van der Waals surface area (Å²) in [5.74, 6) is 0.577. The molecule has 0 atom stereocenters. The molecule has 108 valence electrons. The molecular formula is C15H19ClN2O2. The van der Waals surface area contributed by atoms with Crippen LogP contribution >= 0.6 is 11.6 Å². The van der Waals surface area contributed by atoms with Crippen LogP contribution in [0.3, 0.4) is 0 Å². The molecule has 0 amide bonds. The summed E-state index contributed by atoms with van der Waals surface area (Å²) in [4.78, 5) is 6.45. The van der Waals surface area contributed by atoms with Crippen molar-refractivity contribution in [2.24, 2.45) is 0 Å². The second-order valence-electron chi connectivity index (χ2n) is 5.64. The lowest BCUT2D eigenvalue weighted by Gasteiger charge is -2.24. The second-order valence-corrected chi connectivity index (χ2v) is 6.07. The van der Waals surface area contributed by atoms with Gasteiger partial charge in [-0.15, -0.1) is 0 Å². The number of hydrogen-bond acceptors (Lipinski definition) is 4. The molecule has 0 spiro atoms. The maximum Gasteiger partial charge on any atom is 0.226 e. The molecule has 4 nitrogen and oxygen atoms in total. The van der Waals surface area contributed by atoms with Crippen molar-refractivity contribution < 1.29 is 9.52 Å². The third-order valence-corrected chi connectivity index (χ3v) is 2.98. The Morgan fingerprint density at radius 2 is 1.95 bits per heavy atom. The van der Waals surface area contributed by atoms with E-state index in [1.54, 1.807) is 32.2 Å². The fraction of sp³-hybridized carbons (Fsp3) is 0.400. The Bertz CT molecular complexity index is 558. The first kappa shape index (κ1) is 15.0. The fourth-order valence-corrected chi connectivity index (χ4v) is 2.22. The number of halogens is 1. The Kier molecular flexibility index (Phi) is 4.48. The molecule has 1 N–H and O–H groups in total. The number of benzene rings is 1. The first-order valence-corrected chi connectivity index (χ1v) is 6.82. The molecule has 1 heterocycles. The molecule has 0 aliphatic heterocycles. The molecule has 0 saturated carbocycles. The van der Waals surface area contributed by atoms with Gasteiger partial charge >= 0.3 is 0 Å². The molecule has 0 aliphatic rings. The zero-order valence-electron chi connectivity index (χ0n) is 11.9. The first-order chi connectivity index (χ1) is 9.33. The van der Waals surface area contributed by atoms with E-state index >= 15 is 0 Å². The van der Waals surface area contributed by atoms with E-state index < -0.39 is 5.60 Å². The Morgan fingerprint density at radius 1 is 1.30 bits per heavy atom. The summed E-state index contributed by atoms with van der Waals surface area (Å²) >= 11 is 5.85. The molecule has 0 radical (unpaired) electrons. The van der Waals surface area contributed by atoms with Crippen LogP contribution in [-0.4, -0.2) is 34.2 Å². The lowest BCUT2D eigenvalue weighted by atomic mass is 10.1. The Labute approximate surface area is 124 Å². The van der Waals surface area contributed by atoms with Gasteiger partial charge in [-0.2, -0.15) is 0 Å². The minimum absolute atomic E-state index is 0.566. The van der Waals surface area contributed by atoms with Crippen molar-refractivity contribution in [1.29, 1.82) is 0 Å². The van der Waals surface area contributed by atoms with Gasteiger partial charge in [0.2, 0.25) is 5.89 Å². The summed E-state index contributed by atoms with van der Waals surface area (Å²) in [5, 5.41) is 10.5. The van der Waals surface area contributed by atoms with Crippen LogP contribution in [0.15, 0.2) is 34.9 Å². The van der Waals surface area contributed by atoms with Gasteiger partial charge in [0.25, 0.3) is 0 Å². The molecule has 0 bridgehead atoms. The van der Waals surface area contributed by atoms with E-state index in [2.05, 4.69) is 4.98 Å². The highest BCUT2D eigenvalue weighted by molar-refractivity contribution is 6.30. The smallest absolute Gasteiger partial charge is 0.226 e. The van der Waals surface area contributed by atoms with Crippen LogP contribution < -0.4 is 0 Å². The van der Waals surface area contributed by atoms with E-state index in [-0.39, 0.29) is 0 Å². The molecule has 1 aromatic carbocycles. The van der Waals surface area contributed by atoms with Crippen molar-refractivity contribution in [2.75, 3.05) is 13.6 Å². The van der Waals surface area contributed by atoms with Crippen LogP contribution in [0.4, 0.5) is 0 Å². The monoisotopic (exact) mass is 294 g/mol. The van der Waals surface area contributed by atoms with Crippen molar-refractivity contribution in [3.8, 4) is 11.5 Å². The van der Waals surface area contributed by atoms with Crippen LogP contribution in [0.25, 0.3) is 11.5 Å². The summed E-state index contributed by atoms with van der Waals surface area (Å²) < 4.78 is 5.48.